The van der Waals surface area contributed by atoms with Gasteiger partial charge in [0, 0.05) is 37.3 Å². The van der Waals surface area contributed by atoms with Gasteiger partial charge in [0.05, 0.1) is 16.0 Å². The summed E-state index contributed by atoms with van der Waals surface area (Å²) in [6.45, 7) is 0.830. The van der Waals surface area contributed by atoms with Crippen molar-refractivity contribution in [1.29, 1.82) is 0 Å². The summed E-state index contributed by atoms with van der Waals surface area (Å²) in [4.78, 5) is 27.4. The molecule has 0 N–H and O–H groups in total. The highest BCUT2D eigenvalue weighted by molar-refractivity contribution is 7.93. The highest BCUT2D eigenvalue weighted by Crippen LogP contribution is 2.30. The zero-order chi connectivity index (χ0) is 20.4. The van der Waals surface area contributed by atoms with Crippen molar-refractivity contribution >= 4 is 21.5 Å². The SMILES string of the molecule is COC(C(=O)N=S1(=O)CCCN(C(=O)c2occ3c2CCC3)CC1)C1CCCC1. The topological polar surface area (TPSA) is 89.2 Å². The minimum absolute atomic E-state index is 0.135. The number of rotatable bonds is 4. The van der Waals surface area contributed by atoms with Crippen molar-refractivity contribution in [3.8, 4) is 0 Å². The van der Waals surface area contributed by atoms with E-state index < -0.39 is 21.7 Å². The van der Waals surface area contributed by atoms with Crippen LogP contribution < -0.4 is 0 Å². The van der Waals surface area contributed by atoms with Gasteiger partial charge in [0.15, 0.2) is 5.76 Å². The minimum atomic E-state index is -2.69. The lowest BCUT2D eigenvalue weighted by Gasteiger charge is -2.19. The van der Waals surface area contributed by atoms with Gasteiger partial charge in [0.2, 0.25) is 0 Å². The van der Waals surface area contributed by atoms with E-state index in [1.807, 2.05) is 0 Å². The van der Waals surface area contributed by atoms with E-state index in [9.17, 15) is 13.8 Å². The van der Waals surface area contributed by atoms with Crippen LogP contribution in [0, 0.1) is 5.92 Å². The van der Waals surface area contributed by atoms with Crippen LogP contribution in [-0.2, 0) is 32.1 Å². The summed E-state index contributed by atoms with van der Waals surface area (Å²) in [5.41, 5.74) is 2.16. The lowest BCUT2D eigenvalue weighted by molar-refractivity contribution is -0.130. The van der Waals surface area contributed by atoms with Crippen LogP contribution in [0.15, 0.2) is 15.0 Å². The second kappa shape index (κ2) is 8.60. The number of furan rings is 1. The highest BCUT2D eigenvalue weighted by atomic mass is 32.2. The smallest absolute Gasteiger partial charge is 0.289 e. The lowest BCUT2D eigenvalue weighted by Crippen LogP contribution is -2.34. The summed E-state index contributed by atoms with van der Waals surface area (Å²) in [7, 11) is -1.16. The Hall–Kier alpha value is -1.67. The van der Waals surface area contributed by atoms with Crippen molar-refractivity contribution in [2.24, 2.45) is 10.3 Å². The van der Waals surface area contributed by atoms with Crippen LogP contribution in [0.4, 0.5) is 0 Å². The van der Waals surface area contributed by atoms with Gasteiger partial charge in [-0.15, -0.1) is 0 Å². The van der Waals surface area contributed by atoms with E-state index in [2.05, 4.69) is 4.36 Å². The number of hydrogen-bond donors (Lipinski definition) is 0. The molecule has 2 heterocycles. The van der Waals surface area contributed by atoms with Crippen molar-refractivity contribution in [3.63, 3.8) is 0 Å². The normalized spacial score (nSPS) is 26.2. The van der Waals surface area contributed by atoms with Gasteiger partial charge in [-0.05, 0) is 50.0 Å². The standard InChI is InChI=1S/C21H30N2O5S/c1-27-18(15-6-2-3-7-15)20(24)22-29(26)12-5-10-23(11-13-29)21(25)19-17-9-4-8-16(17)14-28-19/h14-15,18H,2-13H2,1H3. The molecule has 3 aliphatic rings. The van der Waals surface area contributed by atoms with E-state index in [0.29, 0.717) is 31.0 Å². The van der Waals surface area contributed by atoms with Crippen LogP contribution in [0.25, 0.3) is 0 Å². The van der Waals surface area contributed by atoms with E-state index in [-0.39, 0.29) is 17.6 Å². The second-order valence-electron chi connectivity index (χ2n) is 8.38. The number of hydrogen-bond acceptors (Lipinski definition) is 5. The second-order valence-corrected chi connectivity index (χ2v) is 10.9. The first-order valence-electron chi connectivity index (χ1n) is 10.7. The van der Waals surface area contributed by atoms with E-state index >= 15 is 0 Å². The molecular formula is C21H30N2O5S. The van der Waals surface area contributed by atoms with E-state index in [4.69, 9.17) is 9.15 Å². The van der Waals surface area contributed by atoms with Gasteiger partial charge in [-0.2, -0.15) is 4.36 Å². The fraction of sp³-hybridized carbons (Fsp3) is 0.714. The molecule has 1 aromatic rings. The first-order chi connectivity index (χ1) is 14.0. The molecule has 0 radical (unpaired) electrons. The summed E-state index contributed by atoms with van der Waals surface area (Å²) >= 11 is 0. The molecule has 2 aliphatic carbocycles. The Morgan fingerprint density at radius 2 is 1.97 bits per heavy atom. The van der Waals surface area contributed by atoms with Crippen molar-refractivity contribution in [2.45, 2.75) is 57.5 Å². The molecule has 1 aromatic heterocycles. The van der Waals surface area contributed by atoms with Crippen molar-refractivity contribution in [1.82, 2.24) is 4.90 Å². The number of aryl methyl sites for hydroxylation is 1. The van der Waals surface area contributed by atoms with Crippen LogP contribution in [0.2, 0.25) is 0 Å². The Balaban J connectivity index is 1.45. The molecule has 7 nitrogen and oxygen atoms in total. The van der Waals surface area contributed by atoms with Gasteiger partial charge in [-0.1, -0.05) is 12.8 Å². The number of nitrogens with zero attached hydrogens (tertiary/aromatic N) is 2. The van der Waals surface area contributed by atoms with Crippen LogP contribution in [0.1, 0.15) is 60.2 Å². The van der Waals surface area contributed by atoms with Gasteiger partial charge >= 0.3 is 0 Å². The molecule has 2 unspecified atom stereocenters. The van der Waals surface area contributed by atoms with Crippen LogP contribution in [-0.4, -0.2) is 58.7 Å². The number of carbonyl (C=O) groups is 2. The maximum Gasteiger partial charge on any atom is 0.289 e. The zero-order valence-electron chi connectivity index (χ0n) is 17.1. The van der Waals surface area contributed by atoms with Crippen molar-refractivity contribution in [2.75, 3.05) is 31.7 Å². The highest BCUT2D eigenvalue weighted by Gasteiger charge is 2.33. The average molecular weight is 423 g/mol. The Bertz CT molecular complexity index is 893. The minimum Gasteiger partial charge on any atom is -0.459 e. The zero-order valence-corrected chi connectivity index (χ0v) is 17.9. The third kappa shape index (κ3) is 4.28. The molecule has 2 fully saturated rings. The number of ether oxygens (including phenoxy) is 1. The maximum absolute atomic E-state index is 13.3. The first-order valence-corrected chi connectivity index (χ1v) is 12.5. The number of amides is 2. The van der Waals surface area contributed by atoms with Crippen LogP contribution in [0.5, 0.6) is 0 Å². The molecule has 1 saturated carbocycles. The third-order valence-corrected chi connectivity index (χ3v) is 8.75. The van der Waals surface area contributed by atoms with Gasteiger partial charge in [-0.3, -0.25) is 9.59 Å². The summed E-state index contributed by atoms with van der Waals surface area (Å²) in [6.07, 6.45) is 8.66. The van der Waals surface area contributed by atoms with Crippen molar-refractivity contribution in [3.05, 3.63) is 23.2 Å². The maximum atomic E-state index is 13.3. The summed E-state index contributed by atoms with van der Waals surface area (Å²) in [5.74, 6) is 0.620. The van der Waals surface area contributed by atoms with Crippen molar-refractivity contribution < 1.29 is 23.0 Å². The fourth-order valence-corrected chi connectivity index (χ4v) is 6.80. The molecule has 2 atom stereocenters. The monoisotopic (exact) mass is 422 g/mol. The molecule has 0 bridgehead atoms. The Labute approximate surface area is 172 Å². The Morgan fingerprint density at radius 3 is 2.72 bits per heavy atom. The number of fused-ring (bicyclic) bond motifs is 1. The molecule has 1 saturated heterocycles. The third-order valence-electron chi connectivity index (χ3n) is 6.49. The number of carbonyl (C=O) groups excluding carboxylic acids is 2. The average Bonchev–Trinajstić information content (AvgIpc) is 3.41. The lowest BCUT2D eigenvalue weighted by atomic mass is 10.0. The molecular weight excluding hydrogens is 392 g/mol. The summed E-state index contributed by atoms with van der Waals surface area (Å²) < 4.78 is 28.4. The Morgan fingerprint density at radius 1 is 1.17 bits per heavy atom. The molecule has 0 aromatic carbocycles. The fourth-order valence-electron chi connectivity index (χ4n) is 4.89. The van der Waals surface area contributed by atoms with E-state index in [0.717, 1.165) is 56.1 Å². The Kier molecular flexibility index (Phi) is 6.11. The first kappa shape index (κ1) is 20.6. The molecule has 29 heavy (non-hydrogen) atoms. The van der Waals surface area contributed by atoms with Gasteiger partial charge in [0.25, 0.3) is 11.8 Å². The molecule has 2 amide bonds. The predicted molar refractivity (Wildman–Crippen MR) is 109 cm³/mol. The quantitative estimate of drug-likeness (QED) is 0.744. The summed E-state index contributed by atoms with van der Waals surface area (Å²) in [5, 5.41) is 0. The van der Waals surface area contributed by atoms with Gasteiger partial charge in [-0.25, -0.2) is 4.21 Å². The van der Waals surface area contributed by atoms with Crippen LogP contribution >= 0.6 is 0 Å². The van der Waals surface area contributed by atoms with E-state index in [1.165, 1.54) is 7.11 Å². The molecule has 4 rings (SSSR count). The van der Waals surface area contributed by atoms with Gasteiger partial charge in [0.1, 0.15) is 6.10 Å². The van der Waals surface area contributed by atoms with Crippen LogP contribution in [0.3, 0.4) is 0 Å². The molecule has 1 aliphatic heterocycles. The molecule has 0 spiro atoms. The molecule has 8 heteroatoms. The molecule has 160 valence electrons. The summed E-state index contributed by atoms with van der Waals surface area (Å²) in [6, 6.07) is 0. The van der Waals surface area contributed by atoms with E-state index in [1.54, 1.807) is 11.2 Å². The number of methoxy groups -OCH3 is 1. The predicted octanol–water partition coefficient (Wildman–Crippen LogP) is 2.81. The van der Waals surface area contributed by atoms with Gasteiger partial charge < -0.3 is 14.1 Å². The largest absolute Gasteiger partial charge is 0.459 e.